The van der Waals surface area contributed by atoms with E-state index in [0.29, 0.717) is 68.1 Å². The highest BCUT2D eigenvalue weighted by Gasteiger charge is 2.31. The van der Waals surface area contributed by atoms with Gasteiger partial charge in [-0.3, -0.25) is 19.2 Å². The minimum atomic E-state index is -0.312. The van der Waals surface area contributed by atoms with Crippen LogP contribution in [0.1, 0.15) is 54.2 Å². The molecule has 1 aliphatic carbocycles. The zero-order valence-electron chi connectivity index (χ0n) is 19.3. The van der Waals surface area contributed by atoms with Crippen LogP contribution >= 0.6 is 24.0 Å². The largest absolute Gasteiger partial charge is 0.491 e. The van der Waals surface area contributed by atoms with Gasteiger partial charge >= 0.3 is 0 Å². The third-order valence-electron chi connectivity index (χ3n) is 6.41. The molecular formula is C28H18N2O5S2. The van der Waals surface area contributed by atoms with E-state index < -0.39 is 0 Å². The Labute approximate surface area is 221 Å². The first-order valence-electron chi connectivity index (χ1n) is 11.6. The number of hydrogen-bond donors (Lipinski definition) is 1. The average molecular weight is 527 g/mol. The second-order valence-electron chi connectivity index (χ2n) is 8.70. The first kappa shape index (κ1) is 23.3. The summed E-state index contributed by atoms with van der Waals surface area (Å²) in [6.07, 6.45) is 2.33. The lowest BCUT2D eigenvalue weighted by Crippen LogP contribution is -2.32. The van der Waals surface area contributed by atoms with Crippen molar-refractivity contribution < 1.29 is 23.9 Å². The van der Waals surface area contributed by atoms with Crippen molar-refractivity contribution in [2.24, 2.45) is 0 Å². The van der Waals surface area contributed by atoms with Gasteiger partial charge in [-0.2, -0.15) is 0 Å². The molecule has 0 unspecified atom stereocenters. The summed E-state index contributed by atoms with van der Waals surface area (Å²) in [6, 6.07) is 16.7. The highest BCUT2D eigenvalue weighted by atomic mass is 32.2. The van der Waals surface area contributed by atoms with Crippen LogP contribution in [0.2, 0.25) is 0 Å². The summed E-state index contributed by atoms with van der Waals surface area (Å²) >= 11 is 6.25. The van der Waals surface area contributed by atoms with Crippen molar-refractivity contribution in [3.63, 3.8) is 0 Å². The van der Waals surface area contributed by atoms with Gasteiger partial charge in [-0.25, -0.2) is 0 Å². The molecule has 3 aromatic carbocycles. The van der Waals surface area contributed by atoms with Crippen LogP contribution in [0.4, 0.5) is 5.69 Å². The number of rotatable bonds is 2. The van der Waals surface area contributed by atoms with E-state index >= 15 is 0 Å². The van der Waals surface area contributed by atoms with Gasteiger partial charge in [-0.1, -0.05) is 54.3 Å². The highest BCUT2D eigenvalue weighted by molar-refractivity contribution is 8.26. The minimum Gasteiger partial charge on any atom is -0.491 e. The molecule has 2 heterocycles. The first-order valence-corrected chi connectivity index (χ1v) is 12.8. The van der Waals surface area contributed by atoms with Gasteiger partial charge in [-0.05, 0) is 48.4 Å². The number of amides is 2. The van der Waals surface area contributed by atoms with Crippen molar-refractivity contribution >= 4 is 63.4 Å². The lowest BCUT2D eigenvalue weighted by molar-refractivity contribution is -0.115. The van der Waals surface area contributed by atoms with Crippen molar-refractivity contribution in [1.29, 1.82) is 0 Å². The molecule has 7 nitrogen and oxygen atoms in total. The van der Waals surface area contributed by atoms with Gasteiger partial charge in [0.1, 0.15) is 10.1 Å². The molecular weight excluding hydrogens is 508 g/mol. The normalized spacial score (nSPS) is 17.5. The molecule has 1 saturated heterocycles. The zero-order valence-corrected chi connectivity index (χ0v) is 20.9. The summed E-state index contributed by atoms with van der Waals surface area (Å²) in [5.41, 5.74) is 2.80. The van der Waals surface area contributed by atoms with Gasteiger partial charge in [0.15, 0.2) is 11.6 Å². The Morgan fingerprint density at radius 2 is 1.68 bits per heavy atom. The monoisotopic (exact) mass is 526 g/mol. The fourth-order valence-corrected chi connectivity index (χ4v) is 5.70. The summed E-state index contributed by atoms with van der Waals surface area (Å²) in [7, 11) is 0. The van der Waals surface area contributed by atoms with Crippen LogP contribution in [0.3, 0.4) is 0 Å². The molecule has 0 spiro atoms. The van der Waals surface area contributed by atoms with E-state index in [9.17, 15) is 19.2 Å². The Hall–Kier alpha value is -4.08. The Balaban J connectivity index is 1.37. The summed E-state index contributed by atoms with van der Waals surface area (Å²) < 4.78 is 6.27. The van der Waals surface area contributed by atoms with Gasteiger partial charge in [0.05, 0.1) is 17.2 Å². The third-order valence-corrected chi connectivity index (χ3v) is 7.58. The van der Waals surface area contributed by atoms with Gasteiger partial charge < -0.3 is 15.0 Å². The molecule has 0 bridgehead atoms. The Bertz CT molecular complexity index is 1590. The summed E-state index contributed by atoms with van der Waals surface area (Å²) in [4.78, 5) is 54.1. The minimum absolute atomic E-state index is 0.222. The number of thiocarbonyl (C=S) groups is 1. The van der Waals surface area contributed by atoms with Crippen LogP contribution in [-0.4, -0.2) is 40.9 Å². The Morgan fingerprint density at radius 3 is 2.41 bits per heavy atom. The molecule has 1 N–H and O–H groups in total. The standard InChI is InChI=1S/C28H18N2O5S2/c31-24-17-4-1-2-5-18(17)25(32)20-14-16(7-8-19(20)24)27(34)30-10-3-11-35-22-9-6-15(12-21(22)30)13-23-26(33)29-28(36)37-23/h1-2,4-9,12-14H,3,10-11H2,(H,29,33,36). The number of thioether (sulfide) groups is 1. The molecule has 0 atom stereocenters. The van der Waals surface area contributed by atoms with Gasteiger partial charge in [0.2, 0.25) is 0 Å². The number of fused-ring (bicyclic) bond motifs is 3. The SMILES string of the molecule is O=C1NC(=S)SC1=Cc1ccc2c(c1)N(C(=O)c1ccc3c(c1)C(=O)c1ccccc1C3=O)CCCO2. The molecule has 6 rings (SSSR count). The van der Waals surface area contributed by atoms with E-state index in [1.165, 1.54) is 17.8 Å². The predicted molar refractivity (Wildman–Crippen MR) is 144 cm³/mol. The molecule has 2 amide bonds. The number of hydrogen-bond acceptors (Lipinski definition) is 7. The molecule has 1 fully saturated rings. The molecule has 0 aromatic heterocycles. The lowest BCUT2D eigenvalue weighted by Gasteiger charge is -2.23. The maximum absolute atomic E-state index is 13.8. The van der Waals surface area contributed by atoms with Crippen molar-refractivity contribution in [3.8, 4) is 5.75 Å². The van der Waals surface area contributed by atoms with E-state index in [1.807, 2.05) is 6.07 Å². The molecule has 0 saturated carbocycles. The highest BCUT2D eigenvalue weighted by Crippen LogP contribution is 2.36. The fourth-order valence-electron chi connectivity index (χ4n) is 4.65. The van der Waals surface area contributed by atoms with Gasteiger partial charge in [-0.15, -0.1) is 0 Å². The van der Waals surface area contributed by atoms with Crippen molar-refractivity contribution in [2.45, 2.75) is 6.42 Å². The second kappa shape index (κ2) is 9.10. The van der Waals surface area contributed by atoms with E-state index in [0.717, 1.165) is 0 Å². The summed E-state index contributed by atoms with van der Waals surface area (Å²) in [5.74, 6) is -0.538. The Morgan fingerprint density at radius 1 is 0.946 bits per heavy atom. The second-order valence-corrected chi connectivity index (χ2v) is 10.4. The third kappa shape index (κ3) is 4.06. The van der Waals surface area contributed by atoms with Crippen LogP contribution in [0, 0.1) is 0 Å². The fraction of sp³-hybridized carbons (Fsp3) is 0.107. The summed E-state index contributed by atoms with van der Waals surface area (Å²) in [6.45, 7) is 0.843. The average Bonchev–Trinajstić information content (AvgIpc) is 3.09. The molecule has 2 aliphatic heterocycles. The van der Waals surface area contributed by atoms with Gasteiger partial charge in [0, 0.05) is 34.4 Å². The van der Waals surface area contributed by atoms with E-state index in [-0.39, 0.29) is 28.9 Å². The molecule has 3 aliphatic rings. The number of carbonyl (C=O) groups excluding carboxylic acids is 4. The van der Waals surface area contributed by atoms with Crippen molar-refractivity contribution in [3.05, 3.63) is 98.9 Å². The maximum Gasteiger partial charge on any atom is 0.263 e. The first-order chi connectivity index (χ1) is 17.9. The molecule has 9 heteroatoms. The van der Waals surface area contributed by atoms with Crippen LogP contribution in [-0.2, 0) is 4.79 Å². The number of nitrogens with one attached hydrogen (secondary N) is 1. The van der Waals surface area contributed by atoms with Crippen LogP contribution in [0.15, 0.2) is 65.6 Å². The molecule has 37 heavy (non-hydrogen) atoms. The number of nitrogens with zero attached hydrogens (tertiary/aromatic N) is 1. The quantitative estimate of drug-likeness (QED) is 0.306. The van der Waals surface area contributed by atoms with Crippen LogP contribution < -0.4 is 15.0 Å². The maximum atomic E-state index is 13.8. The number of anilines is 1. The number of carbonyl (C=O) groups is 4. The molecule has 0 radical (unpaired) electrons. The zero-order chi connectivity index (χ0) is 25.7. The number of ether oxygens (including phenoxy) is 1. The van der Waals surface area contributed by atoms with Crippen molar-refractivity contribution in [1.82, 2.24) is 5.32 Å². The molecule has 182 valence electrons. The van der Waals surface area contributed by atoms with E-state index in [2.05, 4.69) is 5.32 Å². The predicted octanol–water partition coefficient (Wildman–Crippen LogP) is 4.38. The van der Waals surface area contributed by atoms with Crippen LogP contribution in [0.25, 0.3) is 6.08 Å². The van der Waals surface area contributed by atoms with E-state index in [4.69, 9.17) is 17.0 Å². The lowest BCUT2D eigenvalue weighted by atomic mass is 9.83. The number of benzene rings is 3. The number of ketones is 2. The topological polar surface area (TPSA) is 92.8 Å². The Kier molecular flexibility index (Phi) is 5.73. The van der Waals surface area contributed by atoms with Crippen LogP contribution in [0.5, 0.6) is 5.75 Å². The van der Waals surface area contributed by atoms with E-state index in [1.54, 1.807) is 59.5 Å². The summed E-state index contributed by atoms with van der Waals surface area (Å²) in [5, 5.41) is 2.59. The molecule has 3 aromatic rings. The van der Waals surface area contributed by atoms with Crippen molar-refractivity contribution in [2.75, 3.05) is 18.1 Å². The smallest absolute Gasteiger partial charge is 0.263 e. The van der Waals surface area contributed by atoms with Gasteiger partial charge in [0.25, 0.3) is 11.8 Å².